The van der Waals surface area contributed by atoms with Gasteiger partial charge in [0.25, 0.3) is 0 Å². The molecule has 92 valence electrons. The number of amides is 1. The van der Waals surface area contributed by atoms with Crippen molar-refractivity contribution in [2.45, 2.75) is 13.0 Å². The molecule has 1 aromatic heterocycles. The summed E-state index contributed by atoms with van der Waals surface area (Å²) in [5, 5.41) is 3.29. The number of carbonyl (C=O) groups excluding carboxylic acids is 1. The molecule has 1 atom stereocenters. The number of ether oxygens (including phenoxy) is 1. The van der Waals surface area contributed by atoms with E-state index in [-0.39, 0.29) is 12.1 Å². The molecule has 0 bridgehead atoms. The van der Waals surface area contributed by atoms with Crippen molar-refractivity contribution < 1.29 is 9.53 Å². The fraction of sp³-hybridized carbons (Fsp3) is 0.500. The van der Waals surface area contributed by atoms with Crippen LogP contribution in [0.25, 0.3) is 0 Å². The van der Waals surface area contributed by atoms with E-state index in [1.54, 1.807) is 17.3 Å². The second kappa shape index (κ2) is 5.63. The average Bonchev–Trinajstić information content (AvgIpc) is 2.40. The molecule has 1 unspecified atom stereocenters. The number of hydrogen-bond acceptors (Lipinski definition) is 4. The van der Waals surface area contributed by atoms with Gasteiger partial charge in [-0.05, 0) is 24.6 Å². The number of nitrogens with one attached hydrogen (secondary N) is 1. The Morgan fingerprint density at radius 3 is 3.06 bits per heavy atom. The summed E-state index contributed by atoms with van der Waals surface area (Å²) in [6.45, 7) is 4.46. The molecule has 0 aliphatic carbocycles. The summed E-state index contributed by atoms with van der Waals surface area (Å²) < 4.78 is 5.08. The molecule has 0 aromatic carbocycles. The van der Waals surface area contributed by atoms with Crippen LogP contribution in [0.3, 0.4) is 0 Å². The molecular formula is C12H17N3O2. The van der Waals surface area contributed by atoms with E-state index in [1.807, 2.05) is 19.1 Å². The maximum Gasteiger partial charge on any atom is 0.410 e. The van der Waals surface area contributed by atoms with Crippen LogP contribution >= 0.6 is 0 Å². The zero-order chi connectivity index (χ0) is 12.1. The number of carbonyl (C=O) groups is 1. The van der Waals surface area contributed by atoms with E-state index in [9.17, 15) is 4.79 Å². The smallest absolute Gasteiger partial charge is 0.410 e. The molecule has 0 saturated carbocycles. The number of piperazine rings is 1. The summed E-state index contributed by atoms with van der Waals surface area (Å²) in [5.41, 5.74) is 1.08. The van der Waals surface area contributed by atoms with Crippen LogP contribution < -0.4 is 5.32 Å². The van der Waals surface area contributed by atoms with Crippen LogP contribution in [0.2, 0.25) is 0 Å². The highest BCUT2D eigenvalue weighted by atomic mass is 16.6. The lowest BCUT2D eigenvalue weighted by Gasteiger charge is -2.35. The Hall–Kier alpha value is -1.62. The van der Waals surface area contributed by atoms with Crippen molar-refractivity contribution in [3.05, 3.63) is 30.1 Å². The Kier molecular flexibility index (Phi) is 3.93. The van der Waals surface area contributed by atoms with E-state index < -0.39 is 0 Å². The van der Waals surface area contributed by atoms with Crippen molar-refractivity contribution in [1.29, 1.82) is 0 Å². The summed E-state index contributed by atoms with van der Waals surface area (Å²) in [7, 11) is 0. The molecule has 1 N–H and O–H groups in total. The zero-order valence-electron chi connectivity index (χ0n) is 9.93. The number of hydrogen-bond donors (Lipinski definition) is 1. The predicted molar refractivity (Wildman–Crippen MR) is 63.6 cm³/mol. The molecule has 2 heterocycles. The van der Waals surface area contributed by atoms with E-state index >= 15 is 0 Å². The number of aromatic nitrogens is 1. The minimum atomic E-state index is -0.240. The maximum atomic E-state index is 11.8. The minimum absolute atomic E-state index is 0.0331. The van der Waals surface area contributed by atoms with E-state index in [4.69, 9.17) is 4.74 Å². The maximum absolute atomic E-state index is 11.8. The lowest BCUT2D eigenvalue weighted by molar-refractivity contribution is 0.0811. The van der Waals surface area contributed by atoms with Gasteiger partial charge in [0.1, 0.15) is 0 Å². The van der Waals surface area contributed by atoms with Gasteiger partial charge in [-0.15, -0.1) is 0 Å². The van der Waals surface area contributed by atoms with E-state index in [2.05, 4.69) is 10.3 Å². The highest BCUT2D eigenvalue weighted by Crippen LogP contribution is 2.22. The van der Waals surface area contributed by atoms with E-state index in [0.717, 1.165) is 18.7 Å². The molecule has 1 fully saturated rings. The molecule has 1 aliphatic heterocycles. The van der Waals surface area contributed by atoms with Gasteiger partial charge in [0, 0.05) is 32.0 Å². The van der Waals surface area contributed by atoms with Crippen LogP contribution in [-0.4, -0.2) is 42.2 Å². The van der Waals surface area contributed by atoms with Gasteiger partial charge in [0.2, 0.25) is 0 Å². The first-order valence-electron chi connectivity index (χ1n) is 5.87. The summed E-state index contributed by atoms with van der Waals surface area (Å²) in [4.78, 5) is 17.6. The van der Waals surface area contributed by atoms with E-state index in [1.165, 1.54) is 0 Å². The Balaban J connectivity index is 2.15. The van der Waals surface area contributed by atoms with Crippen molar-refractivity contribution >= 4 is 6.09 Å². The van der Waals surface area contributed by atoms with Crippen molar-refractivity contribution in [2.75, 3.05) is 26.2 Å². The monoisotopic (exact) mass is 235 g/mol. The van der Waals surface area contributed by atoms with Crippen LogP contribution in [0.4, 0.5) is 4.79 Å². The van der Waals surface area contributed by atoms with Gasteiger partial charge in [0.15, 0.2) is 0 Å². The van der Waals surface area contributed by atoms with Gasteiger partial charge >= 0.3 is 6.09 Å². The van der Waals surface area contributed by atoms with Crippen LogP contribution in [0.5, 0.6) is 0 Å². The lowest BCUT2D eigenvalue weighted by Crippen LogP contribution is -2.48. The fourth-order valence-electron chi connectivity index (χ4n) is 2.01. The molecular weight excluding hydrogens is 218 g/mol. The zero-order valence-corrected chi connectivity index (χ0v) is 9.93. The van der Waals surface area contributed by atoms with Crippen LogP contribution in [0.15, 0.2) is 24.5 Å². The van der Waals surface area contributed by atoms with Gasteiger partial charge < -0.3 is 10.1 Å². The Morgan fingerprint density at radius 1 is 1.59 bits per heavy atom. The lowest BCUT2D eigenvalue weighted by atomic mass is 10.1. The molecule has 1 aliphatic rings. The minimum Gasteiger partial charge on any atom is -0.450 e. The second-order valence-electron chi connectivity index (χ2n) is 3.89. The molecule has 0 radical (unpaired) electrons. The third-order valence-electron chi connectivity index (χ3n) is 2.84. The van der Waals surface area contributed by atoms with Gasteiger partial charge in [-0.1, -0.05) is 0 Å². The van der Waals surface area contributed by atoms with Crippen LogP contribution in [0.1, 0.15) is 18.5 Å². The van der Waals surface area contributed by atoms with Gasteiger partial charge in [-0.3, -0.25) is 9.88 Å². The van der Waals surface area contributed by atoms with Gasteiger partial charge in [0.05, 0.1) is 12.6 Å². The molecule has 5 nitrogen and oxygen atoms in total. The Bertz CT molecular complexity index is 369. The SMILES string of the molecule is CCOC(=O)N1CCNCC1c1ccncc1. The third kappa shape index (κ3) is 2.74. The van der Waals surface area contributed by atoms with Crippen LogP contribution in [0, 0.1) is 0 Å². The van der Waals surface area contributed by atoms with Crippen LogP contribution in [-0.2, 0) is 4.74 Å². The third-order valence-corrected chi connectivity index (χ3v) is 2.84. The molecule has 17 heavy (non-hydrogen) atoms. The van der Waals surface area contributed by atoms with Crippen molar-refractivity contribution in [1.82, 2.24) is 15.2 Å². The number of pyridine rings is 1. The first-order chi connectivity index (χ1) is 8.33. The highest BCUT2D eigenvalue weighted by molar-refractivity contribution is 5.68. The Labute approximate surface area is 101 Å². The summed E-state index contributed by atoms with van der Waals surface area (Å²) >= 11 is 0. The predicted octanol–water partition coefficient (Wildman–Crippen LogP) is 1.18. The van der Waals surface area contributed by atoms with Crippen molar-refractivity contribution in [2.24, 2.45) is 0 Å². The molecule has 5 heteroatoms. The summed E-state index contributed by atoms with van der Waals surface area (Å²) in [6, 6.07) is 3.90. The van der Waals surface area contributed by atoms with Crippen molar-refractivity contribution in [3.63, 3.8) is 0 Å². The van der Waals surface area contributed by atoms with Gasteiger partial charge in [-0.25, -0.2) is 4.79 Å². The average molecular weight is 235 g/mol. The van der Waals surface area contributed by atoms with E-state index in [0.29, 0.717) is 13.2 Å². The summed E-state index contributed by atoms with van der Waals surface area (Å²) in [6.07, 6.45) is 3.25. The molecule has 1 aromatic rings. The molecule has 1 saturated heterocycles. The highest BCUT2D eigenvalue weighted by Gasteiger charge is 2.28. The number of rotatable bonds is 2. The molecule has 0 spiro atoms. The first kappa shape index (κ1) is 11.9. The summed E-state index contributed by atoms with van der Waals surface area (Å²) in [5.74, 6) is 0. The molecule has 2 rings (SSSR count). The normalized spacial score (nSPS) is 20.1. The molecule has 1 amide bonds. The van der Waals surface area contributed by atoms with Crippen molar-refractivity contribution in [3.8, 4) is 0 Å². The largest absolute Gasteiger partial charge is 0.450 e. The van der Waals surface area contributed by atoms with Gasteiger partial charge in [-0.2, -0.15) is 0 Å². The fourth-order valence-corrected chi connectivity index (χ4v) is 2.01. The topological polar surface area (TPSA) is 54.5 Å². The number of nitrogens with zero attached hydrogens (tertiary/aromatic N) is 2. The standard InChI is InChI=1S/C12H17N3O2/c1-2-17-12(16)15-8-7-14-9-11(15)10-3-5-13-6-4-10/h3-6,11,14H,2,7-9H2,1H3. The first-order valence-corrected chi connectivity index (χ1v) is 5.87. The second-order valence-corrected chi connectivity index (χ2v) is 3.89. The Morgan fingerprint density at radius 2 is 2.35 bits per heavy atom. The quantitative estimate of drug-likeness (QED) is 0.836.